The molecule has 0 saturated heterocycles. The number of hydrogen-bond acceptors (Lipinski definition) is 4. The van der Waals surface area contributed by atoms with Crippen molar-refractivity contribution in [3.05, 3.63) is 84.9 Å². The van der Waals surface area contributed by atoms with Crippen molar-refractivity contribution in [2.24, 2.45) is 0 Å². The molecule has 0 spiro atoms. The Morgan fingerprint density at radius 1 is 0.741 bits per heavy atom. The Labute approximate surface area is 160 Å². The maximum Gasteiger partial charge on any atom is 0.128 e. The summed E-state index contributed by atoms with van der Waals surface area (Å²) in [7, 11) is 0. The molecule has 0 radical (unpaired) electrons. The third kappa shape index (κ3) is 3.11. The van der Waals surface area contributed by atoms with E-state index in [1.54, 1.807) is 11.3 Å². The highest BCUT2D eigenvalue weighted by atomic mass is 32.1. The van der Waals surface area contributed by atoms with Gasteiger partial charge in [0.15, 0.2) is 0 Å². The molecule has 4 heteroatoms. The fourth-order valence-corrected chi connectivity index (χ4v) is 4.05. The van der Waals surface area contributed by atoms with E-state index in [1.165, 1.54) is 4.70 Å². The highest BCUT2D eigenvalue weighted by molar-refractivity contribution is 7.21. The van der Waals surface area contributed by atoms with Crippen LogP contribution in [0.1, 0.15) is 0 Å². The number of nitrogens with two attached hydrogens (primary N) is 1. The second-order valence-electron chi connectivity index (χ2n) is 6.38. The van der Waals surface area contributed by atoms with Gasteiger partial charge in [0.2, 0.25) is 0 Å². The summed E-state index contributed by atoms with van der Waals surface area (Å²) in [6.45, 7) is 0. The monoisotopic (exact) mass is 368 g/mol. The van der Waals surface area contributed by atoms with Crippen molar-refractivity contribution in [2.45, 2.75) is 0 Å². The van der Waals surface area contributed by atoms with Gasteiger partial charge in [0.1, 0.15) is 16.5 Å². The second-order valence-corrected chi connectivity index (χ2v) is 7.41. The van der Waals surface area contributed by atoms with Crippen molar-refractivity contribution in [3.63, 3.8) is 0 Å². The number of aromatic nitrogens is 1. The maximum absolute atomic E-state index is 5.93. The second kappa shape index (κ2) is 6.41. The number of thiazole rings is 1. The Morgan fingerprint density at radius 2 is 1.48 bits per heavy atom. The van der Waals surface area contributed by atoms with Crippen molar-refractivity contribution in [1.82, 2.24) is 4.98 Å². The highest BCUT2D eigenvalue weighted by Crippen LogP contribution is 2.33. The lowest BCUT2D eigenvalue weighted by Crippen LogP contribution is -1.87. The molecule has 0 amide bonds. The summed E-state index contributed by atoms with van der Waals surface area (Å²) in [4.78, 5) is 4.75. The normalized spacial score (nSPS) is 11.1. The number of hydrogen-bond donors (Lipinski definition) is 1. The van der Waals surface area contributed by atoms with Crippen LogP contribution in [0.2, 0.25) is 0 Å². The molecule has 27 heavy (non-hydrogen) atoms. The van der Waals surface area contributed by atoms with Gasteiger partial charge in [0.25, 0.3) is 0 Å². The SMILES string of the molecule is Nc1ccc(Oc2ccc3cc(-c4nc5ccccc5s4)ccc3c2)cc1. The Hall–Kier alpha value is -3.37. The Morgan fingerprint density at radius 3 is 2.33 bits per heavy atom. The average molecular weight is 368 g/mol. The van der Waals surface area contributed by atoms with Crippen LogP contribution in [-0.4, -0.2) is 4.98 Å². The van der Waals surface area contributed by atoms with Crippen LogP contribution < -0.4 is 10.5 Å². The molecule has 0 unspecified atom stereocenters. The standard InChI is InChI=1S/C23H16N2OS/c24-18-8-11-19(12-9-18)26-20-10-7-15-13-17(6-5-16(15)14-20)23-25-21-3-1-2-4-22(21)27-23/h1-14H,24H2. The zero-order chi connectivity index (χ0) is 18.2. The summed E-state index contributed by atoms with van der Waals surface area (Å²) in [6.07, 6.45) is 0. The number of nitrogen functional groups attached to an aromatic ring is 1. The molecule has 0 bridgehead atoms. The summed E-state index contributed by atoms with van der Waals surface area (Å²) in [6, 6.07) is 28.2. The predicted molar refractivity (Wildman–Crippen MR) is 113 cm³/mol. The first-order valence-electron chi connectivity index (χ1n) is 8.68. The van der Waals surface area contributed by atoms with E-state index in [9.17, 15) is 0 Å². The average Bonchev–Trinajstić information content (AvgIpc) is 3.14. The minimum Gasteiger partial charge on any atom is -0.457 e. The first-order chi connectivity index (χ1) is 13.2. The quantitative estimate of drug-likeness (QED) is 0.370. The molecule has 1 aromatic heterocycles. The van der Waals surface area contributed by atoms with Gasteiger partial charge >= 0.3 is 0 Å². The first kappa shape index (κ1) is 15.9. The van der Waals surface area contributed by atoms with Crippen LogP contribution in [0, 0.1) is 0 Å². The van der Waals surface area contributed by atoms with Crippen LogP contribution in [0.5, 0.6) is 11.5 Å². The number of benzene rings is 4. The Bertz CT molecular complexity index is 1230. The van der Waals surface area contributed by atoms with Crippen molar-refractivity contribution in [3.8, 4) is 22.1 Å². The van der Waals surface area contributed by atoms with E-state index in [1.807, 2.05) is 48.5 Å². The maximum atomic E-state index is 5.93. The van der Waals surface area contributed by atoms with Crippen LogP contribution in [0.4, 0.5) is 5.69 Å². The molecule has 0 aliphatic carbocycles. The number of para-hydroxylation sites is 1. The fourth-order valence-electron chi connectivity index (χ4n) is 3.09. The summed E-state index contributed by atoms with van der Waals surface area (Å²) in [5.41, 5.74) is 8.63. The van der Waals surface area contributed by atoms with E-state index < -0.39 is 0 Å². The van der Waals surface area contributed by atoms with Crippen molar-refractivity contribution < 1.29 is 4.74 Å². The van der Waals surface area contributed by atoms with Crippen LogP contribution in [0.25, 0.3) is 31.6 Å². The number of anilines is 1. The molecule has 2 N–H and O–H groups in total. The zero-order valence-corrected chi connectivity index (χ0v) is 15.2. The Balaban J connectivity index is 1.48. The molecular formula is C23H16N2OS. The third-order valence-electron chi connectivity index (χ3n) is 4.47. The van der Waals surface area contributed by atoms with Gasteiger partial charge in [-0.15, -0.1) is 11.3 Å². The van der Waals surface area contributed by atoms with E-state index in [4.69, 9.17) is 15.5 Å². The van der Waals surface area contributed by atoms with Crippen LogP contribution in [0.3, 0.4) is 0 Å². The first-order valence-corrected chi connectivity index (χ1v) is 9.49. The van der Waals surface area contributed by atoms with Gasteiger partial charge in [-0.3, -0.25) is 0 Å². The van der Waals surface area contributed by atoms with E-state index >= 15 is 0 Å². The van der Waals surface area contributed by atoms with Gasteiger partial charge in [-0.2, -0.15) is 0 Å². The summed E-state index contributed by atoms with van der Waals surface area (Å²) in [5, 5.41) is 3.34. The van der Waals surface area contributed by atoms with Gasteiger partial charge in [-0.1, -0.05) is 30.3 Å². The number of rotatable bonds is 3. The molecule has 4 aromatic carbocycles. The number of nitrogens with zero attached hydrogens (tertiary/aromatic N) is 1. The lowest BCUT2D eigenvalue weighted by molar-refractivity contribution is 0.483. The molecule has 130 valence electrons. The fraction of sp³-hybridized carbons (Fsp3) is 0. The van der Waals surface area contributed by atoms with Gasteiger partial charge in [0, 0.05) is 11.3 Å². The topological polar surface area (TPSA) is 48.1 Å². The molecule has 0 saturated carbocycles. The molecular weight excluding hydrogens is 352 g/mol. The van der Waals surface area contributed by atoms with Crippen molar-refractivity contribution in [1.29, 1.82) is 0 Å². The van der Waals surface area contributed by atoms with Gasteiger partial charge < -0.3 is 10.5 Å². The molecule has 0 aliphatic rings. The minimum atomic E-state index is 0.725. The molecule has 1 heterocycles. The van der Waals surface area contributed by atoms with Crippen LogP contribution in [0.15, 0.2) is 84.9 Å². The smallest absolute Gasteiger partial charge is 0.128 e. The van der Waals surface area contributed by atoms with E-state index in [2.05, 4.69) is 36.4 Å². The molecule has 5 aromatic rings. The van der Waals surface area contributed by atoms with Crippen LogP contribution >= 0.6 is 11.3 Å². The van der Waals surface area contributed by atoms with Gasteiger partial charge in [-0.25, -0.2) is 4.98 Å². The number of ether oxygens (including phenoxy) is 1. The van der Waals surface area contributed by atoms with Gasteiger partial charge in [0.05, 0.1) is 10.2 Å². The molecule has 0 aliphatic heterocycles. The van der Waals surface area contributed by atoms with E-state index in [0.29, 0.717) is 0 Å². The lowest BCUT2D eigenvalue weighted by atomic mass is 10.1. The number of fused-ring (bicyclic) bond motifs is 2. The molecule has 0 atom stereocenters. The third-order valence-corrected chi connectivity index (χ3v) is 5.55. The highest BCUT2D eigenvalue weighted by Gasteiger charge is 2.07. The van der Waals surface area contributed by atoms with E-state index in [-0.39, 0.29) is 0 Å². The molecule has 5 rings (SSSR count). The lowest BCUT2D eigenvalue weighted by Gasteiger charge is -2.08. The summed E-state index contributed by atoms with van der Waals surface area (Å²) in [5.74, 6) is 1.58. The minimum absolute atomic E-state index is 0.725. The molecule has 0 fully saturated rings. The zero-order valence-electron chi connectivity index (χ0n) is 14.4. The van der Waals surface area contributed by atoms with Crippen LogP contribution in [-0.2, 0) is 0 Å². The van der Waals surface area contributed by atoms with Crippen molar-refractivity contribution in [2.75, 3.05) is 5.73 Å². The largest absolute Gasteiger partial charge is 0.457 e. The predicted octanol–water partition coefficient (Wildman–Crippen LogP) is 6.49. The van der Waals surface area contributed by atoms with Gasteiger partial charge in [-0.05, 0) is 65.4 Å². The summed E-state index contributed by atoms with van der Waals surface area (Å²) >= 11 is 1.72. The van der Waals surface area contributed by atoms with E-state index in [0.717, 1.165) is 44.0 Å². The summed E-state index contributed by atoms with van der Waals surface area (Å²) < 4.78 is 7.14. The van der Waals surface area contributed by atoms with Crippen molar-refractivity contribution >= 4 is 38.0 Å². The molecule has 3 nitrogen and oxygen atoms in total. The Kier molecular flexibility index (Phi) is 3.77.